The van der Waals surface area contributed by atoms with E-state index in [2.05, 4.69) is 4.98 Å². The van der Waals surface area contributed by atoms with Gasteiger partial charge in [-0.3, -0.25) is 14.6 Å². The summed E-state index contributed by atoms with van der Waals surface area (Å²) in [6.45, 7) is 2.65. The van der Waals surface area contributed by atoms with Crippen molar-refractivity contribution in [1.82, 2.24) is 9.88 Å². The third kappa shape index (κ3) is 5.91. The quantitative estimate of drug-likeness (QED) is 0.798. The molecule has 6 nitrogen and oxygen atoms in total. The fraction of sp³-hybridized carbons (Fsp3) is 0.316. The lowest BCUT2D eigenvalue weighted by atomic mass is 10.1. The van der Waals surface area contributed by atoms with Crippen LogP contribution >= 0.6 is 0 Å². The first-order valence-corrected chi connectivity index (χ1v) is 8.07. The van der Waals surface area contributed by atoms with Gasteiger partial charge >= 0.3 is 5.97 Å². The van der Waals surface area contributed by atoms with Gasteiger partial charge in [0.05, 0.1) is 6.20 Å². The average molecular weight is 342 g/mol. The molecule has 0 aliphatic heterocycles. The number of carboxylic acid groups (broad SMARTS) is 1. The van der Waals surface area contributed by atoms with Gasteiger partial charge in [-0.1, -0.05) is 12.1 Å². The zero-order valence-electron chi connectivity index (χ0n) is 14.4. The van der Waals surface area contributed by atoms with Gasteiger partial charge in [0, 0.05) is 31.3 Å². The molecule has 0 radical (unpaired) electrons. The van der Waals surface area contributed by atoms with E-state index in [9.17, 15) is 9.59 Å². The van der Waals surface area contributed by atoms with E-state index in [1.54, 1.807) is 25.4 Å². The monoisotopic (exact) mass is 342 g/mol. The number of pyridine rings is 1. The van der Waals surface area contributed by atoms with Crippen molar-refractivity contribution in [3.8, 4) is 5.75 Å². The normalized spacial score (nSPS) is 10.3. The van der Waals surface area contributed by atoms with Crippen LogP contribution < -0.4 is 4.74 Å². The lowest BCUT2D eigenvalue weighted by molar-refractivity contribution is -0.137. The minimum Gasteiger partial charge on any atom is -0.487 e. The second-order valence-corrected chi connectivity index (χ2v) is 5.85. The largest absolute Gasteiger partial charge is 0.487 e. The van der Waals surface area contributed by atoms with Crippen LogP contribution in [-0.2, 0) is 11.4 Å². The van der Waals surface area contributed by atoms with Crippen molar-refractivity contribution < 1.29 is 19.4 Å². The van der Waals surface area contributed by atoms with Gasteiger partial charge in [0.1, 0.15) is 12.4 Å². The molecule has 0 saturated carbocycles. The van der Waals surface area contributed by atoms with Gasteiger partial charge in [-0.15, -0.1) is 0 Å². The highest BCUT2D eigenvalue weighted by atomic mass is 16.5. The molecule has 132 valence electrons. The van der Waals surface area contributed by atoms with Crippen LogP contribution in [0.4, 0.5) is 0 Å². The first-order chi connectivity index (χ1) is 12.0. The zero-order valence-corrected chi connectivity index (χ0v) is 14.4. The van der Waals surface area contributed by atoms with Crippen LogP contribution in [-0.4, -0.2) is 40.5 Å². The molecule has 2 aromatic rings. The summed E-state index contributed by atoms with van der Waals surface area (Å²) in [4.78, 5) is 28.7. The first kappa shape index (κ1) is 18.4. The summed E-state index contributed by atoms with van der Waals surface area (Å²) in [6, 6.07) is 11.0. The molecule has 25 heavy (non-hydrogen) atoms. The standard InChI is InChI=1S/C19H22N2O4/c1-14-8-9-17(12-20-14)25-13-15-5-3-6-16(11-15)19(24)21(2)10-4-7-18(22)23/h3,5-6,8-9,11-12H,4,7,10,13H2,1-2H3,(H,22,23). The van der Waals surface area contributed by atoms with E-state index in [-0.39, 0.29) is 12.3 Å². The lowest BCUT2D eigenvalue weighted by Gasteiger charge is -2.17. The van der Waals surface area contributed by atoms with Crippen LogP contribution in [0.1, 0.15) is 34.5 Å². The smallest absolute Gasteiger partial charge is 0.303 e. The molecular weight excluding hydrogens is 320 g/mol. The molecule has 1 aromatic heterocycles. The van der Waals surface area contributed by atoms with Gasteiger partial charge in [0.15, 0.2) is 0 Å². The first-order valence-electron chi connectivity index (χ1n) is 8.07. The van der Waals surface area contributed by atoms with E-state index >= 15 is 0 Å². The molecule has 0 atom stereocenters. The molecule has 0 saturated heterocycles. The van der Waals surface area contributed by atoms with Gasteiger partial charge in [0.2, 0.25) is 0 Å². The van der Waals surface area contributed by atoms with Crippen molar-refractivity contribution in [3.05, 3.63) is 59.4 Å². The number of aliphatic carboxylic acids is 1. The van der Waals surface area contributed by atoms with E-state index in [0.717, 1.165) is 11.3 Å². The van der Waals surface area contributed by atoms with Crippen molar-refractivity contribution >= 4 is 11.9 Å². The number of nitrogens with zero attached hydrogens (tertiary/aromatic N) is 2. The maximum atomic E-state index is 12.4. The molecule has 1 amide bonds. The minimum absolute atomic E-state index is 0.0517. The Kier molecular flexibility index (Phi) is 6.51. The van der Waals surface area contributed by atoms with Crippen LogP contribution in [0, 0.1) is 6.92 Å². The molecule has 0 bridgehead atoms. The molecule has 1 N–H and O–H groups in total. The van der Waals surface area contributed by atoms with Crippen LogP contribution in [0.25, 0.3) is 0 Å². The molecule has 0 spiro atoms. The second kappa shape index (κ2) is 8.82. The number of hydrogen-bond acceptors (Lipinski definition) is 4. The van der Waals surface area contributed by atoms with Crippen LogP contribution in [0.3, 0.4) is 0 Å². The number of carboxylic acids is 1. The van der Waals surface area contributed by atoms with E-state index in [1.807, 2.05) is 31.2 Å². The van der Waals surface area contributed by atoms with Crippen LogP contribution in [0.5, 0.6) is 5.75 Å². The van der Waals surface area contributed by atoms with E-state index in [1.165, 1.54) is 4.90 Å². The molecule has 6 heteroatoms. The van der Waals surface area contributed by atoms with Crippen LogP contribution in [0.15, 0.2) is 42.6 Å². The van der Waals surface area contributed by atoms with Gasteiger partial charge in [0.25, 0.3) is 5.91 Å². The predicted molar refractivity (Wildman–Crippen MR) is 93.6 cm³/mol. The highest BCUT2D eigenvalue weighted by Gasteiger charge is 2.12. The maximum Gasteiger partial charge on any atom is 0.303 e. The Morgan fingerprint density at radius 2 is 2.04 bits per heavy atom. The summed E-state index contributed by atoms with van der Waals surface area (Å²) in [5, 5.41) is 8.66. The molecule has 0 unspecified atom stereocenters. The van der Waals surface area contributed by atoms with Gasteiger partial charge < -0.3 is 14.7 Å². The zero-order chi connectivity index (χ0) is 18.2. The Labute approximate surface area is 147 Å². The fourth-order valence-corrected chi connectivity index (χ4v) is 2.29. The highest BCUT2D eigenvalue weighted by molar-refractivity contribution is 5.94. The summed E-state index contributed by atoms with van der Waals surface area (Å²) in [7, 11) is 1.67. The van der Waals surface area contributed by atoms with Crippen LogP contribution in [0.2, 0.25) is 0 Å². The van der Waals surface area contributed by atoms with E-state index in [4.69, 9.17) is 9.84 Å². The summed E-state index contributed by atoms with van der Waals surface area (Å²) >= 11 is 0. The Balaban J connectivity index is 1.94. The summed E-state index contributed by atoms with van der Waals surface area (Å²) in [5.74, 6) is -0.317. The molecule has 0 fully saturated rings. The summed E-state index contributed by atoms with van der Waals surface area (Å²) in [6.07, 6.45) is 2.15. The van der Waals surface area contributed by atoms with Gasteiger partial charge in [-0.2, -0.15) is 0 Å². The third-order valence-corrected chi connectivity index (χ3v) is 3.69. The Hall–Kier alpha value is -2.89. The Morgan fingerprint density at radius 3 is 2.72 bits per heavy atom. The number of ether oxygens (including phenoxy) is 1. The number of carbonyl (C=O) groups excluding carboxylic acids is 1. The third-order valence-electron chi connectivity index (χ3n) is 3.69. The van der Waals surface area contributed by atoms with Crippen molar-refractivity contribution in [2.24, 2.45) is 0 Å². The van der Waals surface area contributed by atoms with Crippen molar-refractivity contribution in [2.75, 3.05) is 13.6 Å². The molecule has 2 rings (SSSR count). The Bertz CT molecular complexity index is 728. The van der Waals surface area contributed by atoms with Crippen molar-refractivity contribution in [3.63, 3.8) is 0 Å². The van der Waals surface area contributed by atoms with Gasteiger partial charge in [-0.05, 0) is 43.2 Å². The maximum absolute atomic E-state index is 12.4. The molecule has 0 aliphatic rings. The topological polar surface area (TPSA) is 79.7 Å². The molecule has 0 aliphatic carbocycles. The van der Waals surface area contributed by atoms with Crippen molar-refractivity contribution in [1.29, 1.82) is 0 Å². The summed E-state index contributed by atoms with van der Waals surface area (Å²) in [5.41, 5.74) is 2.36. The number of rotatable bonds is 8. The predicted octanol–water partition coefficient (Wildman–Crippen LogP) is 2.91. The van der Waals surface area contributed by atoms with Crippen molar-refractivity contribution in [2.45, 2.75) is 26.4 Å². The highest BCUT2D eigenvalue weighted by Crippen LogP contribution is 2.14. The van der Waals surface area contributed by atoms with Gasteiger partial charge in [-0.25, -0.2) is 0 Å². The average Bonchev–Trinajstić information content (AvgIpc) is 2.60. The number of hydrogen-bond donors (Lipinski definition) is 1. The number of amides is 1. The molecular formula is C19H22N2O4. The Morgan fingerprint density at radius 1 is 1.24 bits per heavy atom. The second-order valence-electron chi connectivity index (χ2n) is 5.85. The van der Waals surface area contributed by atoms with E-state index in [0.29, 0.717) is 30.9 Å². The molecule has 1 heterocycles. The van der Waals surface area contributed by atoms with E-state index < -0.39 is 5.97 Å². The number of aryl methyl sites for hydroxylation is 1. The number of carbonyl (C=O) groups is 2. The molecule has 1 aromatic carbocycles. The minimum atomic E-state index is -0.856. The fourth-order valence-electron chi connectivity index (χ4n) is 2.29. The lowest BCUT2D eigenvalue weighted by Crippen LogP contribution is -2.28. The summed E-state index contributed by atoms with van der Waals surface area (Å²) < 4.78 is 5.68. The number of aromatic nitrogens is 1. The number of benzene rings is 1. The SMILES string of the molecule is Cc1ccc(OCc2cccc(C(=O)N(C)CCCC(=O)O)c2)cn1.